The summed E-state index contributed by atoms with van der Waals surface area (Å²) in [6, 6.07) is 9.43. The number of benzene rings is 2. The summed E-state index contributed by atoms with van der Waals surface area (Å²) in [6.45, 7) is -0.686. The van der Waals surface area contributed by atoms with E-state index in [1.165, 1.54) is 12.1 Å². The van der Waals surface area contributed by atoms with Gasteiger partial charge in [0.05, 0.1) is 11.2 Å². The Bertz CT molecular complexity index is 1330. The second-order valence-electron chi connectivity index (χ2n) is 6.40. The van der Waals surface area contributed by atoms with Crippen LogP contribution in [0.15, 0.2) is 51.5 Å². The lowest BCUT2D eigenvalue weighted by molar-refractivity contribution is 0.0992. The minimum absolute atomic E-state index is 0.0853. The van der Waals surface area contributed by atoms with Crippen molar-refractivity contribution < 1.29 is 35.9 Å². The zero-order valence-electron chi connectivity index (χ0n) is 15.7. The van der Waals surface area contributed by atoms with Crippen LogP contribution in [0.3, 0.4) is 0 Å². The van der Waals surface area contributed by atoms with Crippen LogP contribution in [-0.4, -0.2) is 10.9 Å². The number of anilines is 1. The number of amides is 1. The van der Waals surface area contributed by atoms with Gasteiger partial charge in [-0.2, -0.15) is 8.78 Å². The molecule has 0 fully saturated rings. The maximum Gasteiger partial charge on any atom is 0.291 e. The van der Waals surface area contributed by atoms with Crippen LogP contribution in [-0.2, 0) is 6.61 Å². The van der Waals surface area contributed by atoms with Gasteiger partial charge in [-0.3, -0.25) is 9.78 Å². The van der Waals surface area contributed by atoms with E-state index in [4.69, 9.17) is 9.15 Å². The van der Waals surface area contributed by atoms with Gasteiger partial charge in [0.25, 0.3) is 5.91 Å². The van der Waals surface area contributed by atoms with E-state index in [1.807, 2.05) is 6.07 Å². The van der Waals surface area contributed by atoms with Crippen molar-refractivity contribution in [3.8, 4) is 5.75 Å². The fraction of sp³-hybridized carbons (Fsp3) is 0.0476. The number of hydrogen-bond acceptors (Lipinski definition) is 4. The molecule has 2 heterocycles. The number of nitrogens with one attached hydrogen (secondary N) is 1. The van der Waals surface area contributed by atoms with Crippen LogP contribution < -0.4 is 10.1 Å². The monoisotopic (exact) mass is 512 g/mol. The zero-order valence-corrected chi connectivity index (χ0v) is 17.3. The van der Waals surface area contributed by atoms with E-state index in [-0.39, 0.29) is 11.5 Å². The van der Waals surface area contributed by atoms with Crippen molar-refractivity contribution in [3.63, 3.8) is 0 Å². The second kappa shape index (κ2) is 8.58. The Kier molecular flexibility index (Phi) is 5.83. The number of fused-ring (bicyclic) bond motifs is 1. The van der Waals surface area contributed by atoms with E-state index >= 15 is 0 Å². The molecular formula is C21H10BrF5N2O3. The number of aromatic nitrogens is 1. The van der Waals surface area contributed by atoms with Gasteiger partial charge in [0, 0.05) is 16.1 Å². The average molecular weight is 513 g/mol. The highest BCUT2D eigenvalue weighted by Crippen LogP contribution is 2.31. The number of carbonyl (C=O) groups excluding carboxylic acids is 1. The first-order chi connectivity index (χ1) is 15.3. The summed E-state index contributed by atoms with van der Waals surface area (Å²) in [5, 5.41) is 3.40. The number of hydrogen-bond donors (Lipinski definition) is 1. The molecule has 2 aromatic carbocycles. The zero-order chi connectivity index (χ0) is 23.0. The quantitative estimate of drug-likeness (QED) is 0.199. The smallest absolute Gasteiger partial charge is 0.291 e. The molecular weight excluding hydrogens is 503 g/mol. The molecule has 32 heavy (non-hydrogen) atoms. The van der Waals surface area contributed by atoms with Gasteiger partial charge >= 0.3 is 0 Å². The molecule has 5 nitrogen and oxygen atoms in total. The Morgan fingerprint density at radius 3 is 2.38 bits per heavy atom. The van der Waals surface area contributed by atoms with Crippen molar-refractivity contribution in [1.82, 2.24) is 4.98 Å². The molecule has 11 heteroatoms. The van der Waals surface area contributed by atoms with E-state index in [1.54, 1.807) is 24.4 Å². The van der Waals surface area contributed by atoms with Crippen molar-refractivity contribution in [3.05, 3.63) is 87.7 Å². The Morgan fingerprint density at radius 2 is 1.66 bits per heavy atom. The van der Waals surface area contributed by atoms with Gasteiger partial charge in [0.2, 0.25) is 29.1 Å². The SMILES string of the molecule is O=C(Nc1ccc(Br)c2cccnc12)c1ccc(COc2c(F)c(F)c(F)c(F)c2F)o1. The molecule has 0 aliphatic rings. The highest BCUT2D eigenvalue weighted by Gasteiger charge is 2.27. The second-order valence-corrected chi connectivity index (χ2v) is 7.26. The first-order valence-electron chi connectivity index (χ1n) is 8.85. The molecule has 1 amide bonds. The van der Waals surface area contributed by atoms with Crippen LogP contribution >= 0.6 is 15.9 Å². The van der Waals surface area contributed by atoms with E-state index in [0.717, 1.165) is 9.86 Å². The lowest BCUT2D eigenvalue weighted by Gasteiger charge is -2.09. The first-order valence-corrected chi connectivity index (χ1v) is 9.64. The highest BCUT2D eigenvalue weighted by molar-refractivity contribution is 9.10. The van der Waals surface area contributed by atoms with Gasteiger partial charge in [0.1, 0.15) is 12.4 Å². The molecule has 0 bridgehead atoms. The molecule has 2 aromatic heterocycles. The topological polar surface area (TPSA) is 64.4 Å². The number of nitrogens with zero attached hydrogens (tertiary/aromatic N) is 1. The van der Waals surface area contributed by atoms with E-state index in [2.05, 4.69) is 26.2 Å². The van der Waals surface area contributed by atoms with Crippen molar-refractivity contribution in [1.29, 1.82) is 0 Å². The van der Waals surface area contributed by atoms with Crippen LogP contribution in [0.2, 0.25) is 0 Å². The maximum absolute atomic E-state index is 13.7. The molecule has 4 aromatic rings. The Hall–Kier alpha value is -3.47. The first kappa shape index (κ1) is 21.8. The van der Waals surface area contributed by atoms with Gasteiger partial charge in [-0.05, 0) is 30.3 Å². The van der Waals surface area contributed by atoms with Gasteiger partial charge in [-0.15, -0.1) is 0 Å². The lowest BCUT2D eigenvalue weighted by Crippen LogP contribution is -2.11. The number of furan rings is 1. The Balaban J connectivity index is 1.51. The molecule has 0 saturated heterocycles. The summed E-state index contributed by atoms with van der Waals surface area (Å²) in [5.41, 5.74) is 0.932. The standard InChI is InChI=1S/C21H10BrF5N2O3/c22-11-4-5-12(19-10(11)2-1-7-28-19)29-21(30)13-6-3-9(32-13)8-31-20-17(26)15(24)14(23)16(25)18(20)27/h1-7H,8H2,(H,29,30). The molecule has 164 valence electrons. The van der Waals surface area contributed by atoms with Crippen molar-refractivity contribution in [2.24, 2.45) is 0 Å². The molecule has 4 rings (SSSR count). The number of pyridine rings is 1. The predicted molar refractivity (Wildman–Crippen MR) is 107 cm³/mol. The molecule has 1 N–H and O–H groups in total. The molecule has 0 spiro atoms. The average Bonchev–Trinajstić information content (AvgIpc) is 3.27. The summed E-state index contributed by atoms with van der Waals surface area (Å²) >= 11 is 3.40. The third-order valence-electron chi connectivity index (χ3n) is 4.38. The summed E-state index contributed by atoms with van der Waals surface area (Å²) in [7, 11) is 0. The summed E-state index contributed by atoms with van der Waals surface area (Å²) < 4.78 is 77.7. The number of halogens is 6. The maximum atomic E-state index is 13.7. The van der Waals surface area contributed by atoms with Crippen molar-refractivity contribution >= 4 is 38.4 Å². The fourth-order valence-corrected chi connectivity index (χ4v) is 3.31. The van der Waals surface area contributed by atoms with E-state index in [0.29, 0.717) is 11.2 Å². The number of ether oxygens (including phenoxy) is 1. The van der Waals surface area contributed by atoms with Crippen LogP contribution in [0.5, 0.6) is 5.75 Å². The highest BCUT2D eigenvalue weighted by atomic mass is 79.9. The van der Waals surface area contributed by atoms with Crippen molar-refractivity contribution in [2.75, 3.05) is 5.32 Å². The van der Waals surface area contributed by atoms with Crippen LogP contribution in [0.25, 0.3) is 10.9 Å². The summed E-state index contributed by atoms with van der Waals surface area (Å²) in [6.07, 6.45) is 1.56. The van der Waals surface area contributed by atoms with Gasteiger partial charge in [-0.1, -0.05) is 22.0 Å². The van der Waals surface area contributed by atoms with Gasteiger partial charge in [-0.25, -0.2) is 13.2 Å². The third kappa shape index (κ3) is 3.91. The Labute approximate surface area is 184 Å². The third-order valence-corrected chi connectivity index (χ3v) is 5.07. The lowest BCUT2D eigenvalue weighted by atomic mass is 10.2. The largest absolute Gasteiger partial charge is 0.479 e. The minimum Gasteiger partial charge on any atom is -0.479 e. The molecule has 0 aliphatic heterocycles. The van der Waals surface area contributed by atoms with Crippen LogP contribution in [0.4, 0.5) is 27.6 Å². The van der Waals surface area contributed by atoms with E-state index in [9.17, 15) is 26.7 Å². The van der Waals surface area contributed by atoms with Crippen LogP contribution in [0, 0.1) is 29.1 Å². The minimum atomic E-state index is -2.29. The molecule has 0 radical (unpaired) electrons. The summed E-state index contributed by atoms with van der Waals surface area (Å²) in [4.78, 5) is 16.8. The Morgan fingerprint density at radius 1 is 0.969 bits per heavy atom. The van der Waals surface area contributed by atoms with Gasteiger partial charge < -0.3 is 14.5 Å². The normalized spacial score (nSPS) is 11.1. The van der Waals surface area contributed by atoms with E-state index < -0.39 is 47.3 Å². The molecule has 0 aliphatic carbocycles. The predicted octanol–water partition coefficient (Wildman–Crippen LogP) is 6.12. The summed E-state index contributed by atoms with van der Waals surface area (Å²) in [5.74, 6) is -13.1. The molecule has 0 atom stereocenters. The van der Waals surface area contributed by atoms with Crippen LogP contribution in [0.1, 0.15) is 16.3 Å². The fourth-order valence-electron chi connectivity index (χ4n) is 2.85. The van der Waals surface area contributed by atoms with Gasteiger partial charge in [0.15, 0.2) is 11.5 Å². The number of rotatable bonds is 5. The molecule has 0 saturated carbocycles. The molecule has 0 unspecified atom stereocenters. The van der Waals surface area contributed by atoms with Crippen molar-refractivity contribution in [2.45, 2.75) is 6.61 Å². The number of carbonyl (C=O) groups is 1.